The standard InChI is InChI=1S/C22H31N3O3/c1-6-14-24(5)21(26)17-10-12-18(13-11-17)25-20(16(7-2)8-3)15-19(23-25)22(27)28-9-4/h10-13,15-16H,6-9,14H2,1-5H3. The minimum atomic E-state index is -0.415. The van der Waals surface area contributed by atoms with E-state index >= 15 is 0 Å². The first-order valence-corrected chi connectivity index (χ1v) is 10.1. The van der Waals surface area contributed by atoms with Gasteiger partial charge in [0.15, 0.2) is 5.69 Å². The van der Waals surface area contributed by atoms with Gasteiger partial charge in [-0.3, -0.25) is 4.79 Å². The summed E-state index contributed by atoms with van der Waals surface area (Å²) in [5.41, 5.74) is 2.76. The molecular weight excluding hydrogens is 354 g/mol. The van der Waals surface area contributed by atoms with E-state index in [0.717, 1.165) is 37.2 Å². The maximum absolute atomic E-state index is 12.5. The van der Waals surface area contributed by atoms with Crippen molar-refractivity contribution in [3.8, 4) is 5.69 Å². The van der Waals surface area contributed by atoms with Crippen molar-refractivity contribution < 1.29 is 14.3 Å². The van der Waals surface area contributed by atoms with E-state index in [1.807, 2.05) is 44.3 Å². The summed E-state index contributed by atoms with van der Waals surface area (Å²) in [4.78, 5) is 26.3. The molecule has 0 fully saturated rings. The highest BCUT2D eigenvalue weighted by Crippen LogP contribution is 2.27. The summed E-state index contributed by atoms with van der Waals surface area (Å²) in [5.74, 6) is -0.129. The molecule has 0 radical (unpaired) electrons. The monoisotopic (exact) mass is 385 g/mol. The third-order valence-electron chi connectivity index (χ3n) is 4.89. The molecule has 0 aliphatic rings. The lowest BCUT2D eigenvalue weighted by atomic mass is 9.99. The van der Waals surface area contributed by atoms with Crippen molar-refractivity contribution in [1.29, 1.82) is 0 Å². The summed E-state index contributed by atoms with van der Waals surface area (Å²) < 4.78 is 6.91. The summed E-state index contributed by atoms with van der Waals surface area (Å²) >= 11 is 0. The van der Waals surface area contributed by atoms with E-state index in [1.165, 1.54) is 0 Å². The highest BCUT2D eigenvalue weighted by Gasteiger charge is 2.21. The predicted octanol–water partition coefficient (Wildman–Crippen LogP) is 4.43. The molecule has 0 saturated carbocycles. The van der Waals surface area contributed by atoms with Crippen LogP contribution in [0.5, 0.6) is 0 Å². The SMILES string of the molecule is CCCN(C)C(=O)c1ccc(-n2nc(C(=O)OCC)cc2C(CC)CC)cc1. The lowest BCUT2D eigenvalue weighted by Crippen LogP contribution is -2.27. The number of ether oxygens (including phenoxy) is 1. The van der Waals surface area contributed by atoms with Crippen LogP contribution in [0.1, 0.15) is 79.4 Å². The molecule has 1 heterocycles. The molecule has 0 saturated heterocycles. The second-order valence-corrected chi connectivity index (χ2v) is 6.87. The molecule has 1 amide bonds. The molecule has 0 spiro atoms. The average molecular weight is 386 g/mol. The molecule has 152 valence electrons. The molecule has 0 aliphatic heterocycles. The van der Waals surface area contributed by atoms with Crippen LogP contribution in [0.25, 0.3) is 5.69 Å². The Hall–Kier alpha value is -2.63. The van der Waals surface area contributed by atoms with Crippen molar-refractivity contribution in [3.05, 3.63) is 47.3 Å². The summed E-state index contributed by atoms with van der Waals surface area (Å²) in [6.45, 7) is 9.12. The van der Waals surface area contributed by atoms with Gasteiger partial charge >= 0.3 is 5.97 Å². The normalized spacial score (nSPS) is 10.9. The first kappa shape index (κ1) is 21.7. The van der Waals surface area contributed by atoms with E-state index < -0.39 is 5.97 Å². The van der Waals surface area contributed by atoms with E-state index in [9.17, 15) is 9.59 Å². The molecule has 0 bridgehead atoms. The number of carbonyl (C=O) groups excluding carboxylic acids is 2. The van der Waals surface area contributed by atoms with Crippen LogP contribution < -0.4 is 0 Å². The highest BCUT2D eigenvalue weighted by molar-refractivity contribution is 5.94. The van der Waals surface area contributed by atoms with Crippen LogP contribution >= 0.6 is 0 Å². The third kappa shape index (κ3) is 4.80. The van der Waals surface area contributed by atoms with Gasteiger partial charge in [0.2, 0.25) is 0 Å². The third-order valence-corrected chi connectivity index (χ3v) is 4.89. The number of hydrogen-bond donors (Lipinski definition) is 0. The van der Waals surface area contributed by atoms with Crippen LogP contribution in [-0.4, -0.2) is 46.8 Å². The van der Waals surface area contributed by atoms with Gasteiger partial charge in [0, 0.05) is 30.8 Å². The summed E-state index contributed by atoms with van der Waals surface area (Å²) in [6.07, 6.45) is 2.81. The smallest absolute Gasteiger partial charge is 0.358 e. The first-order chi connectivity index (χ1) is 13.5. The Bertz CT molecular complexity index is 792. The van der Waals surface area contributed by atoms with Gasteiger partial charge in [-0.25, -0.2) is 9.48 Å². The number of esters is 1. The molecule has 28 heavy (non-hydrogen) atoms. The molecule has 0 unspecified atom stereocenters. The molecule has 0 atom stereocenters. The zero-order valence-corrected chi connectivity index (χ0v) is 17.6. The van der Waals surface area contributed by atoms with Crippen molar-refractivity contribution in [2.45, 2.75) is 52.9 Å². The van der Waals surface area contributed by atoms with Crippen molar-refractivity contribution in [2.24, 2.45) is 0 Å². The van der Waals surface area contributed by atoms with Crippen LogP contribution in [0.15, 0.2) is 30.3 Å². The molecule has 0 N–H and O–H groups in total. The summed E-state index contributed by atoms with van der Waals surface area (Å²) in [6, 6.07) is 9.20. The molecule has 1 aromatic heterocycles. The first-order valence-electron chi connectivity index (χ1n) is 10.1. The summed E-state index contributed by atoms with van der Waals surface area (Å²) in [5, 5.41) is 4.50. The van der Waals surface area contributed by atoms with Gasteiger partial charge in [-0.15, -0.1) is 0 Å². The number of aromatic nitrogens is 2. The molecule has 2 aromatic rings. The van der Waals surface area contributed by atoms with Gasteiger partial charge < -0.3 is 9.64 Å². The molecule has 6 heteroatoms. The largest absolute Gasteiger partial charge is 0.461 e. The number of carbonyl (C=O) groups is 2. The lowest BCUT2D eigenvalue weighted by molar-refractivity contribution is 0.0518. The Morgan fingerprint density at radius 2 is 1.75 bits per heavy atom. The average Bonchev–Trinajstić information content (AvgIpc) is 3.14. The quantitative estimate of drug-likeness (QED) is 0.599. The van der Waals surface area contributed by atoms with E-state index in [1.54, 1.807) is 16.5 Å². The predicted molar refractivity (Wildman–Crippen MR) is 110 cm³/mol. The van der Waals surface area contributed by atoms with Gasteiger partial charge in [0.25, 0.3) is 5.91 Å². The van der Waals surface area contributed by atoms with Crippen LogP contribution in [0.2, 0.25) is 0 Å². The highest BCUT2D eigenvalue weighted by atomic mass is 16.5. The Morgan fingerprint density at radius 3 is 2.29 bits per heavy atom. The van der Waals surface area contributed by atoms with Gasteiger partial charge in [0.1, 0.15) is 0 Å². The fraction of sp³-hybridized carbons (Fsp3) is 0.500. The summed E-state index contributed by atoms with van der Waals surface area (Å²) in [7, 11) is 1.81. The Balaban J connectivity index is 2.39. The van der Waals surface area contributed by atoms with Crippen molar-refractivity contribution in [1.82, 2.24) is 14.7 Å². The Morgan fingerprint density at radius 1 is 1.11 bits per heavy atom. The van der Waals surface area contributed by atoms with Crippen LogP contribution in [0, 0.1) is 0 Å². The Labute approximate surface area is 167 Å². The van der Waals surface area contributed by atoms with Crippen molar-refractivity contribution in [3.63, 3.8) is 0 Å². The number of hydrogen-bond acceptors (Lipinski definition) is 4. The van der Waals surface area contributed by atoms with E-state index in [-0.39, 0.29) is 11.8 Å². The molecule has 1 aromatic carbocycles. The maximum atomic E-state index is 12.5. The molecular formula is C22H31N3O3. The van der Waals surface area contributed by atoms with Gasteiger partial charge in [0.05, 0.1) is 12.3 Å². The minimum absolute atomic E-state index is 0.00120. The van der Waals surface area contributed by atoms with Gasteiger partial charge in [-0.2, -0.15) is 5.10 Å². The van der Waals surface area contributed by atoms with Crippen molar-refractivity contribution in [2.75, 3.05) is 20.2 Å². The van der Waals surface area contributed by atoms with Crippen LogP contribution in [-0.2, 0) is 4.74 Å². The molecule has 0 aliphatic carbocycles. The topological polar surface area (TPSA) is 64.4 Å². The maximum Gasteiger partial charge on any atom is 0.358 e. The number of amides is 1. The zero-order chi connectivity index (χ0) is 20.7. The van der Waals surface area contributed by atoms with Crippen molar-refractivity contribution >= 4 is 11.9 Å². The zero-order valence-electron chi connectivity index (χ0n) is 17.6. The number of nitrogens with zero attached hydrogens (tertiary/aromatic N) is 3. The van der Waals surface area contributed by atoms with Crippen LogP contribution in [0.3, 0.4) is 0 Å². The number of rotatable bonds is 9. The fourth-order valence-electron chi connectivity index (χ4n) is 3.31. The fourth-order valence-corrected chi connectivity index (χ4v) is 3.31. The molecule has 2 rings (SSSR count). The van der Waals surface area contributed by atoms with Gasteiger partial charge in [-0.1, -0.05) is 20.8 Å². The van der Waals surface area contributed by atoms with E-state index in [4.69, 9.17) is 4.74 Å². The van der Waals surface area contributed by atoms with E-state index in [0.29, 0.717) is 17.9 Å². The minimum Gasteiger partial charge on any atom is -0.461 e. The van der Waals surface area contributed by atoms with E-state index in [2.05, 4.69) is 18.9 Å². The second-order valence-electron chi connectivity index (χ2n) is 6.87. The lowest BCUT2D eigenvalue weighted by Gasteiger charge is -2.17. The number of benzene rings is 1. The van der Waals surface area contributed by atoms with Crippen LogP contribution in [0.4, 0.5) is 0 Å². The van der Waals surface area contributed by atoms with Gasteiger partial charge in [-0.05, 0) is 56.5 Å². The second kappa shape index (κ2) is 10.1. The molecule has 6 nitrogen and oxygen atoms in total. The Kier molecular flexibility index (Phi) is 7.79.